The van der Waals surface area contributed by atoms with Crippen molar-refractivity contribution in [2.45, 2.75) is 13.1 Å². The smallest absolute Gasteiger partial charge is 0.258 e. The third-order valence-electron chi connectivity index (χ3n) is 2.95. The van der Waals surface area contributed by atoms with Gasteiger partial charge in [0.2, 0.25) is 0 Å². The van der Waals surface area contributed by atoms with Crippen LogP contribution in [-0.4, -0.2) is 12.5 Å². The van der Waals surface area contributed by atoms with Crippen LogP contribution in [0, 0.1) is 5.82 Å². The standard InChI is InChI=1S/C16H17FN2O2/c17-14-7-5-12(6-8-14)10-19-16(20)11-21-15-4-2-1-3-13(15)9-18/h1-8H,9-11,18H2,(H,19,20). The van der Waals surface area contributed by atoms with Gasteiger partial charge in [0.05, 0.1) is 0 Å². The Bertz CT molecular complexity index is 599. The molecule has 0 atom stereocenters. The minimum Gasteiger partial charge on any atom is -0.483 e. The summed E-state index contributed by atoms with van der Waals surface area (Å²) in [5.41, 5.74) is 7.27. The number of benzene rings is 2. The highest BCUT2D eigenvalue weighted by atomic mass is 19.1. The fourth-order valence-corrected chi connectivity index (χ4v) is 1.81. The number of amides is 1. The lowest BCUT2D eigenvalue weighted by Gasteiger charge is -2.10. The number of ether oxygens (including phenoxy) is 1. The number of hydrogen-bond acceptors (Lipinski definition) is 3. The molecule has 0 aliphatic heterocycles. The molecule has 0 unspecified atom stereocenters. The molecule has 2 aromatic rings. The van der Waals surface area contributed by atoms with Crippen LogP contribution >= 0.6 is 0 Å². The van der Waals surface area contributed by atoms with E-state index < -0.39 is 0 Å². The van der Waals surface area contributed by atoms with Crippen LogP contribution < -0.4 is 15.8 Å². The molecule has 0 fully saturated rings. The van der Waals surface area contributed by atoms with Crippen LogP contribution in [0.1, 0.15) is 11.1 Å². The van der Waals surface area contributed by atoms with Crippen LogP contribution in [0.15, 0.2) is 48.5 Å². The molecule has 2 aromatic carbocycles. The lowest BCUT2D eigenvalue weighted by atomic mass is 10.2. The van der Waals surface area contributed by atoms with Gasteiger partial charge in [-0.25, -0.2) is 4.39 Å². The topological polar surface area (TPSA) is 64.3 Å². The van der Waals surface area contributed by atoms with Crippen molar-refractivity contribution in [3.63, 3.8) is 0 Å². The van der Waals surface area contributed by atoms with Gasteiger partial charge in [0.25, 0.3) is 5.91 Å². The molecule has 110 valence electrons. The van der Waals surface area contributed by atoms with Crippen LogP contribution in [0.25, 0.3) is 0 Å². The van der Waals surface area contributed by atoms with Crippen molar-refractivity contribution in [1.82, 2.24) is 5.32 Å². The van der Waals surface area contributed by atoms with E-state index in [9.17, 15) is 9.18 Å². The Morgan fingerprint density at radius 1 is 1.14 bits per heavy atom. The van der Waals surface area contributed by atoms with Crippen LogP contribution in [0.5, 0.6) is 5.75 Å². The SMILES string of the molecule is NCc1ccccc1OCC(=O)NCc1ccc(F)cc1. The summed E-state index contributed by atoms with van der Waals surface area (Å²) in [6, 6.07) is 13.3. The van der Waals surface area contributed by atoms with Gasteiger partial charge in [-0.05, 0) is 23.8 Å². The van der Waals surface area contributed by atoms with Gasteiger partial charge in [-0.3, -0.25) is 4.79 Å². The van der Waals surface area contributed by atoms with Gasteiger partial charge in [0.1, 0.15) is 11.6 Å². The molecule has 0 heterocycles. The highest BCUT2D eigenvalue weighted by Gasteiger charge is 2.05. The molecule has 0 aliphatic rings. The van der Waals surface area contributed by atoms with Crippen molar-refractivity contribution < 1.29 is 13.9 Å². The molecule has 0 saturated heterocycles. The number of nitrogens with one attached hydrogen (secondary N) is 1. The Balaban J connectivity index is 1.81. The molecule has 21 heavy (non-hydrogen) atoms. The molecular formula is C16H17FN2O2. The van der Waals surface area contributed by atoms with Gasteiger partial charge >= 0.3 is 0 Å². The third-order valence-corrected chi connectivity index (χ3v) is 2.95. The average Bonchev–Trinajstić information content (AvgIpc) is 2.52. The van der Waals surface area contributed by atoms with Crippen molar-refractivity contribution in [1.29, 1.82) is 0 Å². The molecular weight excluding hydrogens is 271 g/mol. The Morgan fingerprint density at radius 3 is 2.57 bits per heavy atom. The van der Waals surface area contributed by atoms with E-state index >= 15 is 0 Å². The summed E-state index contributed by atoms with van der Waals surface area (Å²) in [4.78, 5) is 11.7. The molecule has 4 nitrogen and oxygen atoms in total. The first kappa shape index (κ1) is 15.0. The summed E-state index contributed by atoms with van der Waals surface area (Å²) in [5.74, 6) is 0.0647. The Labute approximate surface area is 122 Å². The van der Waals surface area contributed by atoms with Crippen LogP contribution in [-0.2, 0) is 17.9 Å². The number of nitrogens with two attached hydrogens (primary N) is 1. The molecule has 1 amide bonds. The average molecular weight is 288 g/mol. The van der Waals surface area contributed by atoms with Crippen molar-refractivity contribution in [3.05, 3.63) is 65.5 Å². The van der Waals surface area contributed by atoms with Gasteiger partial charge < -0.3 is 15.8 Å². The maximum atomic E-state index is 12.7. The fraction of sp³-hybridized carbons (Fsp3) is 0.188. The van der Waals surface area contributed by atoms with E-state index in [1.54, 1.807) is 18.2 Å². The quantitative estimate of drug-likeness (QED) is 0.854. The molecule has 0 saturated carbocycles. The van der Waals surface area contributed by atoms with E-state index in [4.69, 9.17) is 10.5 Å². The van der Waals surface area contributed by atoms with Gasteiger partial charge in [-0.15, -0.1) is 0 Å². The van der Waals surface area contributed by atoms with Crippen molar-refractivity contribution in [2.75, 3.05) is 6.61 Å². The number of rotatable bonds is 6. The van der Waals surface area contributed by atoms with Gasteiger partial charge in [0, 0.05) is 18.7 Å². The zero-order chi connectivity index (χ0) is 15.1. The Hall–Kier alpha value is -2.40. The van der Waals surface area contributed by atoms with Gasteiger partial charge in [-0.2, -0.15) is 0 Å². The van der Waals surface area contributed by atoms with E-state index in [0.717, 1.165) is 11.1 Å². The minimum atomic E-state index is -0.299. The number of para-hydroxylation sites is 1. The fourth-order valence-electron chi connectivity index (χ4n) is 1.81. The molecule has 0 aromatic heterocycles. The molecule has 0 bridgehead atoms. The number of halogens is 1. The van der Waals surface area contributed by atoms with Crippen molar-refractivity contribution >= 4 is 5.91 Å². The van der Waals surface area contributed by atoms with Gasteiger partial charge in [-0.1, -0.05) is 30.3 Å². The lowest BCUT2D eigenvalue weighted by molar-refractivity contribution is -0.123. The molecule has 3 N–H and O–H groups in total. The second-order valence-corrected chi connectivity index (χ2v) is 4.50. The van der Waals surface area contributed by atoms with E-state index in [1.165, 1.54) is 12.1 Å². The predicted octanol–water partition coefficient (Wildman–Crippen LogP) is 1.98. The van der Waals surface area contributed by atoms with Crippen LogP contribution in [0.3, 0.4) is 0 Å². The zero-order valence-electron chi connectivity index (χ0n) is 11.5. The summed E-state index contributed by atoms with van der Waals surface area (Å²) in [7, 11) is 0. The summed E-state index contributed by atoms with van der Waals surface area (Å²) in [6.45, 7) is 0.604. The maximum Gasteiger partial charge on any atom is 0.258 e. The molecule has 0 aliphatic carbocycles. The van der Waals surface area contributed by atoms with E-state index in [1.807, 2.05) is 18.2 Å². The summed E-state index contributed by atoms with van der Waals surface area (Å²) in [5, 5.41) is 2.71. The number of carbonyl (C=O) groups excluding carboxylic acids is 1. The second-order valence-electron chi connectivity index (χ2n) is 4.50. The number of carbonyl (C=O) groups is 1. The monoisotopic (exact) mass is 288 g/mol. The Morgan fingerprint density at radius 2 is 1.86 bits per heavy atom. The van der Waals surface area contributed by atoms with E-state index in [0.29, 0.717) is 18.8 Å². The molecule has 0 radical (unpaired) electrons. The summed E-state index contributed by atoms with van der Waals surface area (Å²) >= 11 is 0. The third kappa shape index (κ3) is 4.57. The predicted molar refractivity (Wildman–Crippen MR) is 78.1 cm³/mol. The Kier molecular flexibility index (Phi) is 5.29. The largest absolute Gasteiger partial charge is 0.483 e. The summed E-state index contributed by atoms with van der Waals surface area (Å²) in [6.07, 6.45) is 0. The first-order chi connectivity index (χ1) is 10.2. The zero-order valence-corrected chi connectivity index (χ0v) is 11.5. The van der Waals surface area contributed by atoms with Gasteiger partial charge in [0.15, 0.2) is 6.61 Å². The highest BCUT2D eigenvalue weighted by Crippen LogP contribution is 2.16. The van der Waals surface area contributed by atoms with Crippen LogP contribution in [0.2, 0.25) is 0 Å². The highest BCUT2D eigenvalue weighted by molar-refractivity contribution is 5.77. The van der Waals surface area contributed by atoms with Crippen molar-refractivity contribution in [2.24, 2.45) is 5.73 Å². The normalized spacial score (nSPS) is 10.2. The minimum absolute atomic E-state index is 0.0851. The van der Waals surface area contributed by atoms with Crippen LogP contribution in [0.4, 0.5) is 4.39 Å². The molecule has 0 spiro atoms. The first-order valence-electron chi connectivity index (χ1n) is 6.61. The van der Waals surface area contributed by atoms with Crippen molar-refractivity contribution in [3.8, 4) is 5.75 Å². The maximum absolute atomic E-state index is 12.7. The first-order valence-corrected chi connectivity index (χ1v) is 6.61. The molecule has 2 rings (SSSR count). The summed E-state index contributed by atoms with van der Waals surface area (Å²) < 4.78 is 18.2. The second kappa shape index (κ2) is 7.40. The van der Waals surface area contributed by atoms with E-state index in [-0.39, 0.29) is 18.3 Å². The lowest BCUT2D eigenvalue weighted by Crippen LogP contribution is -2.28. The molecule has 5 heteroatoms. The number of hydrogen-bond donors (Lipinski definition) is 2. The van der Waals surface area contributed by atoms with E-state index in [2.05, 4.69) is 5.32 Å².